The second kappa shape index (κ2) is 9.12. The van der Waals surface area contributed by atoms with Crippen molar-refractivity contribution in [3.05, 3.63) is 57.6 Å². The van der Waals surface area contributed by atoms with Crippen molar-refractivity contribution in [3.63, 3.8) is 0 Å². The molecular formula is C20H25N3O6S. The number of nitro groups is 1. The standard InChI is InChI=1S/C20H25N3O6S/c1-6-18(22(30(5,27)28)16-10-13(2)9-14(3)11-16)20(24)21-17-12-15(23(25)26)7-8-19(17)29-4/h7-12,18H,6H2,1-5H3,(H,21,24). The first-order chi connectivity index (χ1) is 14.0. The number of anilines is 2. The Bertz CT molecular complexity index is 1050. The number of nitro benzene ring substituents is 1. The summed E-state index contributed by atoms with van der Waals surface area (Å²) in [5, 5.41) is 13.7. The van der Waals surface area contributed by atoms with Gasteiger partial charge in [-0.25, -0.2) is 8.42 Å². The van der Waals surface area contributed by atoms with Crippen molar-refractivity contribution in [2.75, 3.05) is 23.0 Å². The van der Waals surface area contributed by atoms with E-state index in [1.165, 1.54) is 25.3 Å². The van der Waals surface area contributed by atoms with Gasteiger partial charge >= 0.3 is 0 Å². The summed E-state index contributed by atoms with van der Waals surface area (Å²) in [7, 11) is -2.44. The number of aryl methyl sites for hydroxylation is 2. The van der Waals surface area contributed by atoms with Crippen molar-refractivity contribution in [1.82, 2.24) is 0 Å². The van der Waals surface area contributed by atoms with Gasteiger partial charge in [-0.05, 0) is 49.6 Å². The Labute approximate surface area is 175 Å². The molecule has 0 bridgehead atoms. The molecule has 2 aromatic carbocycles. The lowest BCUT2D eigenvalue weighted by Crippen LogP contribution is -2.47. The molecule has 0 aliphatic rings. The zero-order valence-electron chi connectivity index (χ0n) is 17.5. The second-order valence-corrected chi connectivity index (χ2v) is 8.82. The number of non-ortho nitro benzene ring substituents is 1. The highest BCUT2D eigenvalue weighted by atomic mass is 32.2. The maximum Gasteiger partial charge on any atom is 0.271 e. The van der Waals surface area contributed by atoms with Gasteiger partial charge in [0.15, 0.2) is 0 Å². The van der Waals surface area contributed by atoms with Gasteiger partial charge in [-0.2, -0.15) is 0 Å². The van der Waals surface area contributed by atoms with Crippen molar-refractivity contribution in [2.45, 2.75) is 33.2 Å². The van der Waals surface area contributed by atoms with E-state index in [0.29, 0.717) is 5.69 Å². The predicted octanol–water partition coefficient (Wildman–Crippen LogP) is 3.40. The van der Waals surface area contributed by atoms with Crippen molar-refractivity contribution < 1.29 is 22.9 Å². The molecule has 162 valence electrons. The quantitative estimate of drug-likeness (QED) is 0.501. The van der Waals surface area contributed by atoms with Gasteiger partial charge in [0, 0.05) is 12.1 Å². The van der Waals surface area contributed by atoms with Crippen LogP contribution in [0.1, 0.15) is 24.5 Å². The largest absolute Gasteiger partial charge is 0.495 e. The molecule has 0 saturated carbocycles. The fourth-order valence-electron chi connectivity index (χ4n) is 3.26. The molecule has 0 fully saturated rings. The molecule has 0 aromatic heterocycles. The number of nitrogens with one attached hydrogen (secondary N) is 1. The van der Waals surface area contributed by atoms with Crippen LogP contribution in [0.2, 0.25) is 0 Å². The molecule has 0 spiro atoms. The molecule has 0 radical (unpaired) electrons. The summed E-state index contributed by atoms with van der Waals surface area (Å²) in [6, 6.07) is 8.02. The Kier molecular flexibility index (Phi) is 7.04. The molecule has 0 heterocycles. The van der Waals surface area contributed by atoms with Crippen molar-refractivity contribution >= 4 is 33.0 Å². The van der Waals surface area contributed by atoms with Gasteiger partial charge in [0.25, 0.3) is 5.69 Å². The lowest BCUT2D eigenvalue weighted by Gasteiger charge is -2.30. The van der Waals surface area contributed by atoms with Crippen LogP contribution < -0.4 is 14.4 Å². The number of carbonyl (C=O) groups is 1. The average molecular weight is 436 g/mol. The molecular weight excluding hydrogens is 410 g/mol. The number of carbonyl (C=O) groups excluding carboxylic acids is 1. The summed E-state index contributed by atoms with van der Waals surface area (Å²) in [6.45, 7) is 5.37. The van der Waals surface area contributed by atoms with Gasteiger partial charge < -0.3 is 10.1 Å². The number of hydrogen-bond donors (Lipinski definition) is 1. The maximum atomic E-state index is 13.1. The van der Waals surface area contributed by atoms with Crippen LogP contribution in [-0.2, 0) is 14.8 Å². The zero-order valence-corrected chi connectivity index (χ0v) is 18.3. The van der Waals surface area contributed by atoms with Crippen LogP contribution in [0.15, 0.2) is 36.4 Å². The fourth-order valence-corrected chi connectivity index (χ4v) is 4.46. The maximum absolute atomic E-state index is 13.1. The molecule has 2 rings (SSSR count). The summed E-state index contributed by atoms with van der Waals surface area (Å²) in [4.78, 5) is 23.6. The van der Waals surface area contributed by atoms with Crippen molar-refractivity contribution in [2.24, 2.45) is 0 Å². The monoisotopic (exact) mass is 435 g/mol. The van der Waals surface area contributed by atoms with E-state index in [-0.39, 0.29) is 23.5 Å². The lowest BCUT2D eigenvalue weighted by atomic mass is 10.1. The van der Waals surface area contributed by atoms with E-state index < -0.39 is 26.9 Å². The Hall–Kier alpha value is -3.14. The lowest BCUT2D eigenvalue weighted by molar-refractivity contribution is -0.384. The normalized spacial score (nSPS) is 12.2. The van der Waals surface area contributed by atoms with Crippen LogP contribution in [0, 0.1) is 24.0 Å². The van der Waals surface area contributed by atoms with Gasteiger partial charge in [-0.1, -0.05) is 13.0 Å². The zero-order chi connectivity index (χ0) is 22.6. The Morgan fingerprint density at radius 3 is 2.27 bits per heavy atom. The summed E-state index contributed by atoms with van der Waals surface area (Å²) in [5.41, 5.74) is 1.95. The number of nitrogens with zero attached hydrogens (tertiary/aromatic N) is 2. The molecule has 0 saturated heterocycles. The van der Waals surface area contributed by atoms with Crippen molar-refractivity contribution in [1.29, 1.82) is 0 Å². The number of hydrogen-bond acceptors (Lipinski definition) is 6. The van der Waals surface area contributed by atoms with Crippen LogP contribution in [-0.4, -0.2) is 38.7 Å². The van der Waals surface area contributed by atoms with Crippen LogP contribution in [0.4, 0.5) is 17.1 Å². The number of rotatable bonds is 8. The SMILES string of the molecule is CCC(C(=O)Nc1cc([N+](=O)[O-])ccc1OC)N(c1cc(C)cc(C)c1)S(C)(=O)=O. The molecule has 1 amide bonds. The van der Waals surface area contributed by atoms with Gasteiger partial charge in [0.2, 0.25) is 15.9 Å². The summed E-state index contributed by atoms with van der Waals surface area (Å²) < 4.78 is 31.5. The third-order valence-electron chi connectivity index (χ3n) is 4.44. The number of methoxy groups -OCH3 is 1. The summed E-state index contributed by atoms with van der Waals surface area (Å²) in [5.74, 6) is -0.401. The van der Waals surface area contributed by atoms with E-state index in [9.17, 15) is 23.3 Å². The number of benzene rings is 2. The van der Waals surface area contributed by atoms with Crippen LogP contribution >= 0.6 is 0 Å². The third-order valence-corrected chi connectivity index (χ3v) is 5.62. The molecule has 30 heavy (non-hydrogen) atoms. The van der Waals surface area contributed by atoms with Crippen LogP contribution in [0.5, 0.6) is 5.75 Å². The average Bonchev–Trinajstić information content (AvgIpc) is 2.63. The molecule has 9 nitrogen and oxygen atoms in total. The van der Waals surface area contributed by atoms with E-state index in [2.05, 4.69) is 5.32 Å². The first kappa shape index (κ1) is 23.1. The Morgan fingerprint density at radius 1 is 1.20 bits per heavy atom. The highest BCUT2D eigenvalue weighted by molar-refractivity contribution is 7.92. The molecule has 2 aromatic rings. The number of amides is 1. The fraction of sp³-hybridized carbons (Fsp3) is 0.350. The predicted molar refractivity (Wildman–Crippen MR) is 116 cm³/mol. The first-order valence-corrected chi connectivity index (χ1v) is 11.0. The number of sulfonamides is 1. The summed E-state index contributed by atoms with van der Waals surface area (Å²) >= 11 is 0. The van der Waals surface area contributed by atoms with Gasteiger partial charge in [-0.3, -0.25) is 19.2 Å². The van der Waals surface area contributed by atoms with Crippen molar-refractivity contribution in [3.8, 4) is 5.75 Å². The van der Waals surface area contributed by atoms with Crippen LogP contribution in [0.3, 0.4) is 0 Å². The minimum atomic E-state index is -3.80. The second-order valence-electron chi connectivity index (χ2n) is 6.96. The highest BCUT2D eigenvalue weighted by Crippen LogP contribution is 2.30. The minimum absolute atomic E-state index is 0.0871. The van der Waals surface area contributed by atoms with Gasteiger partial charge in [-0.15, -0.1) is 0 Å². The highest BCUT2D eigenvalue weighted by Gasteiger charge is 2.32. The topological polar surface area (TPSA) is 119 Å². The molecule has 1 N–H and O–H groups in total. The molecule has 0 aliphatic carbocycles. The van der Waals surface area contributed by atoms with Gasteiger partial charge in [0.1, 0.15) is 11.8 Å². The Morgan fingerprint density at radius 2 is 1.80 bits per heavy atom. The molecule has 1 unspecified atom stereocenters. The molecule has 1 atom stereocenters. The molecule has 0 aliphatic heterocycles. The Balaban J connectivity index is 2.49. The smallest absolute Gasteiger partial charge is 0.271 e. The first-order valence-electron chi connectivity index (χ1n) is 9.19. The summed E-state index contributed by atoms with van der Waals surface area (Å²) in [6.07, 6.45) is 1.22. The van der Waals surface area contributed by atoms with Gasteiger partial charge in [0.05, 0.1) is 29.7 Å². The third kappa shape index (κ3) is 5.26. The number of ether oxygens (including phenoxy) is 1. The van der Waals surface area contributed by atoms with E-state index in [0.717, 1.165) is 21.7 Å². The van der Waals surface area contributed by atoms with E-state index in [4.69, 9.17) is 4.74 Å². The van der Waals surface area contributed by atoms with Crippen LogP contribution in [0.25, 0.3) is 0 Å². The van der Waals surface area contributed by atoms with E-state index in [1.54, 1.807) is 19.1 Å². The minimum Gasteiger partial charge on any atom is -0.495 e. The molecule has 10 heteroatoms. The van der Waals surface area contributed by atoms with E-state index >= 15 is 0 Å². The van der Waals surface area contributed by atoms with E-state index in [1.807, 2.05) is 19.9 Å².